The molecule has 0 saturated heterocycles. The number of anilines is 3. The molecule has 9 heteroatoms. The van der Waals surface area contributed by atoms with Gasteiger partial charge in [-0.2, -0.15) is 13.2 Å². The lowest BCUT2D eigenvalue weighted by Crippen LogP contribution is -2.09. The van der Waals surface area contributed by atoms with E-state index in [2.05, 4.69) is 25.9 Å². The molecule has 0 aliphatic rings. The van der Waals surface area contributed by atoms with Crippen LogP contribution in [-0.2, 0) is 12.7 Å². The van der Waals surface area contributed by atoms with Gasteiger partial charge in [-0.1, -0.05) is 23.4 Å². The molecule has 30 heavy (non-hydrogen) atoms. The van der Waals surface area contributed by atoms with Gasteiger partial charge in [-0.25, -0.2) is 4.68 Å². The van der Waals surface area contributed by atoms with Crippen molar-refractivity contribution in [1.29, 1.82) is 0 Å². The first-order valence-electron chi connectivity index (χ1n) is 9.08. The summed E-state index contributed by atoms with van der Waals surface area (Å²) < 4.78 is 39.9. The zero-order valence-corrected chi connectivity index (χ0v) is 15.6. The van der Waals surface area contributed by atoms with E-state index in [9.17, 15) is 13.2 Å². The smallest absolute Gasteiger partial charge is 0.379 e. The third-order valence-corrected chi connectivity index (χ3v) is 4.26. The Labute approximate surface area is 170 Å². The Bertz CT molecular complexity index is 1110. The summed E-state index contributed by atoms with van der Waals surface area (Å²) in [5.41, 5.74) is 2.69. The van der Waals surface area contributed by atoms with E-state index >= 15 is 0 Å². The zero-order chi connectivity index (χ0) is 21.0. The van der Waals surface area contributed by atoms with E-state index in [-0.39, 0.29) is 6.54 Å². The Balaban J connectivity index is 1.39. The molecule has 0 bridgehead atoms. The predicted octanol–water partition coefficient (Wildman–Crippen LogP) is 5.04. The first-order chi connectivity index (χ1) is 14.5. The number of pyridine rings is 1. The fourth-order valence-corrected chi connectivity index (χ4v) is 2.78. The second-order valence-corrected chi connectivity index (χ2v) is 6.47. The van der Waals surface area contributed by atoms with Crippen LogP contribution in [0.1, 0.15) is 11.4 Å². The number of hydrogen-bond donors (Lipinski definition) is 2. The summed E-state index contributed by atoms with van der Waals surface area (Å²) >= 11 is 0. The van der Waals surface area contributed by atoms with Crippen molar-refractivity contribution in [3.63, 3.8) is 0 Å². The van der Waals surface area contributed by atoms with Gasteiger partial charge in [0.2, 0.25) is 0 Å². The molecule has 0 spiro atoms. The fourth-order valence-electron chi connectivity index (χ4n) is 2.78. The second-order valence-electron chi connectivity index (χ2n) is 6.47. The topological polar surface area (TPSA) is 67.7 Å². The minimum atomic E-state index is -4.48. The predicted molar refractivity (Wildman–Crippen MR) is 108 cm³/mol. The average Bonchev–Trinajstić information content (AvgIpc) is 3.22. The molecule has 2 aromatic carbocycles. The summed E-state index contributed by atoms with van der Waals surface area (Å²) in [5, 5.41) is 14.4. The van der Waals surface area contributed by atoms with Gasteiger partial charge in [0, 0.05) is 23.3 Å². The van der Waals surface area contributed by atoms with Crippen LogP contribution in [0.25, 0.3) is 5.69 Å². The SMILES string of the molecule is FC(F)(F)c1cc(NCc2cn(-c3ccc(Nc4ccccc4)cc3)nn2)ccn1. The summed E-state index contributed by atoms with van der Waals surface area (Å²) in [5.74, 6) is 0. The zero-order valence-electron chi connectivity index (χ0n) is 15.6. The van der Waals surface area contributed by atoms with E-state index in [0.717, 1.165) is 29.3 Å². The lowest BCUT2D eigenvalue weighted by Gasteiger charge is -2.08. The molecule has 0 aliphatic carbocycles. The highest BCUT2D eigenvalue weighted by molar-refractivity contribution is 5.60. The van der Waals surface area contributed by atoms with E-state index in [1.54, 1.807) is 10.9 Å². The molecule has 2 heterocycles. The summed E-state index contributed by atoms with van der Waals surface area (Å²) in [6.45, 7) is 0.231. The first kappa shape index (κ1) is 19.4. The number of alkyl halides is 3. The van der Waals surface area contributed by atoms with Crippen LogP contribution < -0.4 is 10.6 Å². The highest BCUT2D eigenvalue weighted by Crippen LogP contribution is 2.28. The summed E-state index contributed by atoms with van der Waals surface area (Å²) in [6, 6.07) is 19.9. The van der Waals surface area contributed by atoms with Crippen molar-refractivity contribution < 1.29 is 13.2 Å². The van der Waals surface area contributed by atoms with Crippen molar-refractivity contribution in [2.24, 2.45) is 0 Å². The molecule has 0 fully saturated rings. The van der Waals surface area contributed by atoms with Crippen LogP contribution in [0.4, 0.5) is 30.2 Å². The Kier molecular flexibility index (Phi) is 5.34. The van der Waals surface area contributed by atoms with E-state index in [1.165, 1.54) is 6.07 Å². The number of nitrogens with one attached hydrogen (secondary N) is 2. The average molecular weight is 410 g/mol. The van der Waals surface area contributed by atoms with Crippen molar-refractivity contribution in [2.45, 2.75) is 12.7 Å². The number of hydrogen-bond acceptors (Lipinski definition) is 5. The molecular weight excluding hydrogens is 393 g/mol. The van der Waals surface area contributed by atoms with E-state index in [4.69, 9.17) is 0 Å². The first-order valence-corrected chi connectivity index (χ1v) is 9.08. The molecule has 2 aromatic heterocycles. The van der Waals surface area contributed by atoms with Crippen molar-refractivity contribution in [3.8, 4) is 5.69 Å². The van der Waals surface area contributed by atoms with Crippen LogP contribution in [-0.4, -0.2) is 20.0 Å². The Morgan fingerprint density at radius 1 is 0.867 bits per heavy atom. The van der Waals surface area contributed by atoms with Crippen molar-refractivity contribution in [2.75, 3.05) is 10.6 Å². The van der Waals surface area contributed by atoms with Crippen LogP contribution in [0.15, 0.2) is 79.1 Å². The maximum absolute atomic E-state index is 12.8. The number of rotatable bonds is 6. The number of halogens is 3. The quantitative estimate of drug-likeness (QED) is 0.466. The van der Waals surface area contributed by atoms with Gasteiger partial charge in [-0.15, -0.1) is 5.10 Å². The highest BCUT2D eigenvalue weighted by atomic mass is 19.4. The molecule has 152 valence electrons. The van der Waals surface area contributed by atoms with Gasteiger partial charge in [0.15, 0.2) is 0 Å². The molecule has 0 amide bonds. The third-order valence-electron chi connectivity index (χ3n) is 4.26. The molecule has 0 radical (unpaired) electrons. The summed E-state index contributed by atoms with van der Waals surface area (Å²) in [7, 11) is 0. The number of aromatic nitrogens is 4. The van der Waals surface area contributed by atoms with E-state index in [0.29, 0.717) is 11.4 Å². The monoisotopic (exact) mass is 410 g/mol. The molecule has 2 N–H and O–H groups in total. The largest absolute Gasteiger partial charge is 0.433 e. The maximum atomic E-state index is 12.8. The molecular formula is C21H17F3N6. The van der Waals surface area contributed by atoms with E-state index < -0.39 is 11.9 Å². The Hall–Kier alpha value is -3.88. The van der Waals surface area contributed by atoms with Crippen LogP contribution in [0.5, 0.6) is 0 Å². The van der Waals surface area contributed by atoms with Gasteiger partial charge in [0.25, 0.3) is 0 Å². The molecule has 0 unspecified atom stereocenters. The molecule has 4 rings (SSSR count). The second kappa shape index (κ2) is 8.24. The standard InChI is InChI=1S/C21H17F3N6/c22-21(23,24)20-12-17(10-11-25-20)26-13-18-14-30(29-28-18)19-8-6-16(7-9-19)27-15-4-2-1-3-5-15/h1-12,14,27H,13H2,(H,25,26). The van der Waals surface area contributed by atoms with Gasteiger partial charge in [-0.05, 0) is 48.5 Å². The minimum absolute atomic E-state index is 0.231. The number of benzene rings is 2. The van der Waals surface area contributed by atoms with Crippen LogP contribution in [0, 0.1) is 0 Å². The lowest BCUT2D eigenvalue weighted by molar-refractivity contribution is -0.141. The van der Waals surface area contributed by atoms with Gasteiger partial charge >= 0.3 is 6.18 Å². The molecule has 0 atom stereocenters. The van der Waals surface area contributed by atoms with Gasteiger partial charge in [-0.3, -0.25) is 4.98 Å². The normalized spacial score (nSPS) is 11.3. The molecule has 0 saturated carbocycles. The minimum Gasteiger partial charge on any atom is -0.379 e. The number of nitrogens with zero attached hydrogens (tertiary/aromatic N) is 4. The Morgan fingerprint density at radius 2 is 1.60 bits per heavy atom. The van der Waals surface area contributed by atoms with Crippen molar-refractivity contribution in [1.82, 2.24) is 20.0 Å². The van der Waals surface area contributed by atoms with Crippen LogP contribution in [0.3, 0.4) is 0 Å². The molecule has 4 aromatic rings. The lowest BCUT2D eigenvalue weighted by atomic mass is 10.2. The van der Waals surface area contributed by atoms with Crippen LogP contribution in [0.2, 0.25) is 0 Å². The number of para-hydroxylation sites is 1. The van der Waals surface area contributed by atoms with Gasteiger partial charge in [0.1, 0.15) is 11.4 Å². The molecule has 0 aliphatic heterocycles. The van der Waals surface area contributed by atoms with Crippen LogP contribution >= 0.6 is 0 Å². The summed E-state index contributed by atoms with van der Waals surface area (Å²) in [4.78, 5) is 3.34. The Morgan fingerprint density at radius 3 is 2.33 bits per heavy atom. The van der Waals surface area contributed by atoms with Crippen molar-refractivity contribution >= 4 is 17.1 Å². The van der Waals surface area contributed by atoms with Gasteiger partial charge < -0.3 is 10.6 Å². The van der Waals surface area contributed by atoms with E-state index in [1.807, 2.05) is 54.6 Å². The maximum Gasteiger partial charge on any atom is 0.433 e. The van der Waals surface area contributed by atoms with Crippen molar-refractivity contribution in [3.05, 3.63) is 90.5 Å². The third kappa shape index (κ3) is 4.75. The molecule has 6 nitrogen and oxygen atoms in total. The fraction of sp³-hybridized carbons (Fsp3) is 0.0952. The van der Waals surface area contributed by atoms with Gasteiger partial charge in [0.05, 0.1) is 18.4 Å². The highest BCUT2D eigenvalue weighted by Gasteiger charge is 2.32. The summed E-state index contributed by atoms with van der Waals surface area (Å²) in [6.07, 6.45) is -1.64.